The zero-order chi connectivity index (χ0) is 17.3. The molecule has 0 spiro atoms. The monoisotopic (exact) mass is 379 g/mol. The van der Waals surface area contributed by atoms with Crippen LogP contribution < -0.4 is 0 Å². The Morgan fingerprint density at radius 1 is 1.17 bits per heavy atom. The van der Waals surface area contributed by atoms with E-state index < -0.39 is 0 Å². The summed E-state index contributed by atoms with van der Waals surface area (Å²) in [7, 11) is 0. The fraction of sp³-hybridized carbons (Fsp3) is 0.176. The van der Waals surface area contributed by atoms with Gasteiger partial charge in [0.25, 0.3) is 11.1 Å². The highest BCUT2D eigenvalue weighted by atomic mass is 35.5. The van der Waals surface area contributed by atoms with Gasteiger partial charge in [0, 0.05) is 22.0 Å². The van der Waals surface area contributed by atoms with Gasteiger partial charge in [-0.15, -0.1) is 0 Å². The summed E-state index contributed by atoms with van der Waals surface area (Å²) >= 11 is 8.26. The summed E-state index contributed by atoms with van der Waals surface area (Å²) in [6, 6.07) is 10.9. The van der Waals surface area contributed by atoms with Gasteiger partial charge in [0.15, 0.2) is 5.09 Å². The highest BCUT2D eigenvalue weighted by Gasteiger charge is 2.36. The molecule has 1 fully saturated rings. The molecule has 1 aromatic heterocycles. The first-order valence-corrected chi connectivity index (χ1v) is 9.25. The predicted octanol–water partition coefficient (Wildman–Crippen LogP) is 5.53. The maximum Gasteiger partial charge on any atom is 0.293 e. The van der Waals surface area contributed by atoms with Crippen LogP contribution in [-0.4, -0.2) is 22.1 Å². The normalized spacial score (nSPS) is 16.7. The zero-order valence-corrected chi connectivity index (χ0v) is 15.4. The first-order chi connectivity index (χ1) is 11.4. The van der Waals surface area contributed by atoms with Crippen molar-refractivity contribution in [2.75, 3.05) is 0 Å². The Kier molecular flexibility index (Phi) is 5.08. The third kappa shape index (κ3) is 3.71. The van der Waals surface area contributed by atoms with Gasteiger partial charge in [-0.3, -0.25) is 14.5 Å². The van der Waals surface area contributed by atoms with Crippen molar-refractivity contribution in [3.8, 4) is 0 Å². The van der Waals surface area contributed by atoms with Crippen molar-refractivity contribution in [1.29, 1.82) is 0 Å². The van der Waals surface area contributed by atoms with Crippen LogP contribution in [0.4, 0.5) is 4.79 Å². The average Bonchev–Trinajstić information content (AvgIpc) is 3.06. The van der Waals surface area contributed by atoms with Crippen molar-refractivity contribution in [3.05, 3.63) is 52.1 Å². The van der Waals surface area contributed by atoms with E-state index in [1.165, 1.54) is 16.7 Å². The van der Waals surface area contributed by atoms with Gasteiger partial charge in [0.1, 0.15) is 5.76 Å². The molecule has 2 aromatic rings. The minimum Gasteiger partial charge on any atom is -0.450 e. The summed E-state index contributed by atoms with van der Waals surface area (Å²) in [4.78, 5) is 26.8. The topological polar surface area (TPSA) is 50.5 Å². The molecule has 2 heterocycles. The Bertz CT molecular complexity index is 811. The molecule has 4 nitrogen and oxygen atoms in total. The molecule has 2 amide bonds. The summed E-state index contributed by atoms with van der Waals surface area (Å²) in [5.41, 5.74) is 0. The van der Waals surface area contributed by atoms with Gasteiger partial charge in [0.2, 0.25) is 0 Å². The molecule has 0 N–H and O–H groups in total. The number of hydrogen-bond acceptors (Lipinski definition) is 5. The molecule has 3 rings (SSSR count). The van der Waals surface area contributed by atoms with Gasteiger partial charge < -0.3 is 4.42 Å². The van der Waals surface area contributed by atoms with Crippen LogP contribution in [0, 0.1) is 0 Å². The van der Waals surface area contributed by atoms with Crippen LogP contribution in [0.15, 0.2) is 55.7 Å². The minimum atomic E-state index is -0.275. The van der Waals surface area contributed by atoms with E-state index in [0.717, 1.165) is 16.7 Å². The van der Waals surface area contributed by atoms with E-state index >= 15 is 0 Å². The highest BCUT2D eigenvalue weighted by molar-refractivity contribution is 8.18. The Morgan fingerprint density at radius 3 is 2.50 bits per heavy atom. The summed E-state index contributed by atoms with van der Waals surface area (Å²) < 4.78 is 5.72. The van der Waals surface area contributed by atoms with E-state index in [2.05, 4.69) is 0 Å². The van der Waals surface area contributed by atoms with Crippen LogP contribution in [0.2, 0.25) is 5.02 Å². The summed E-state index contributed by atoms with van der Waals surface area (Å²) in [6.07, 6.45) is 1.61. The van der Waals surface area contributed by atoms with Crippen LogP contribution in [-0.2, 0) is 4.79 Å². The fourth-order valence-corrected chi connectivity index (χ4v) is 3.99. The number of carbonyl (C=O) groups is 2. The number of nitrogens with zero attached hydrogens (tertiary/aromatic N) is 1. The molecule has 0 unspecified atom stereocenters. The minimum absolute atomic E-state index is 0.156. The van der Waals surface area contributed by atoms with E-state index in [-0.39, 0.29) is 17.2 Å². The second-order valence-electron chi connectivity index (χ2n) is 5.36. The van der Waals surface area contributed by atoms with Gasteiger partial charge >= 0.3 is 0 Å². The predicted molar refractivity (Wildman–Crippen MR) is 97.2 cm³/mol. The van der Waals surface area contributed by atoms with Crippen molar-refractivity contribution >= 4 is 52.3 Å². The Hall–Kier alpha value is -1.63. The van der Waals surface area contributed by atoms with Crippen molar-refractivity contribution in [3.63, 3.8) is 0 Å². The van der Waals surface area contributed by atoms with E-state index in [1.807, 2.05) is 44.2 Å². The molecular weight excluding hydrogens is 366 g/mol. The molecule has 24 heavy (non-hydrogen) atoms. The van der Waals surface area contributed by atoms with Crippen LogP contribution in [0.5, 0.6) is 0 Å². The lowest BCUT2D eigenvalue weighted by molar-refractivity contribution is -0.123. The number of furan rings is 1. The SMILES string of the molecule is CC(C)N1C(=O)S/C(=C\c2ccc(Sc3ccc(Cl)cc3)o2)C1=O. The first kappa shape index (κ1) is 17.2. The van der Waals surface area contributed by atoms with Gasteiger partial charge in [-0.1, -0.05) is 23.4 Å². The summed E-state index contributed by atoms with van der Waals surface area (Å²) in [6.45, 7) is 3.63. The molecule has 1 aliphatic heterocycles. The van der Waals surface area contributed by atoms with Crippen LogP contribution in [0.3, 0.4) is 0 Å². The zero-order valence-electron chi connectivity index (χ0n) is 13.0. The molecular formula is C17H14ClNO3S2. The number of benzene rings is 1. The van der Waals surface area contributed by atoms with E-state index in [0.29, 0.717) is 20.8 Å². The molecule has 0 aliphatic carbocycles. The summed E-state index contributed by atoms with van der Waals surface area (Å²) in [5.74, 6) is 0.268. The lowest BCUT2D eigenvalue weighted by Gasteiger charge is -2.16. The van der Waals surface area contributed by atoms with Crippen LogP contribution >= 0.6 is 35.1 Å². The maximum atomic E-state index is 12.2. The Morgan fingerprint density at radius 2 is 1.88 bits per heavy atom. The number of thioether (sulfide) groups is 1. The smallest absolute Gasteiger partial charge is 0.293 e. The quantitative estimate of drug-likeness (QED) is 0.654. The Labute approximate surface area is 153 Å². The molecule has 7 heteroatoms. The van der Waals surface area contributed by atoms with Gasteiger partial charge in [0.05, 0.1) is 4.91 Å². The Balaban J connectivity index is 1.75. The van der Waals surface area contributed by atoms with Crippen LogP contribution in [0.25, 0.3) is 6.08 Å². The van der Waals surface area contributed by atoms with Crippen molar-refractivity contribution in [2.45, 2.75) is 29.9 Å². The third-order valence-corrected chi connectivity index (χ3v) is 5.31. The van der Waals surface area contributed by atoms with Crippen LogP contribution in [0.1, 0.15) is 19.6 Å². The lowest BCUT2D eigenvalue weighted by atomic mass is 10.3. The molecule has 0 radical (unpaired) electrons. The van der Waals surface area contributed by atoms with E-state index in [9.17, 15) is 9.59 Å². The molecule has 1 aliphatic rings. The second kappa shape index (κ2) is 7.09. The van der Waals surface area contributed by atoms with E-state index in [1.54, 1.807) is 12.1 Å². The largest absolute Gasteiger partial charge is 0.450 e. The molecule has 0 atom stereocenters. The molecule has 124 valence electrons. The first-order valence-electron chi connectivity index (χ1n) is 7.24. The van der Waals surface area contributed by atoms with Gasteiger partial charge in [-0.05, 0) is 62.0 Å². The fourth-order valence-electron chi connectivity index (χ4n) is 2.14. The number of amides is 2. The number of carbonyl (C=O) groups excluding carboxylic acids is 2. The molecule has 0 saturated carbocycles. The summed E-state index contributed by atoms with van der Waals surface area (Å²) in [5, 5.41) is 1.13. The van der Waals surface area contributed by atoms with Crippen molar-refractivity contribution < 1.29 is 14.0 Å². The second-order valence-corrected chi connectivity index (χ2v) is 7.87. The number of hydrogen-bond donors (Lipinski definition) is 0. The van der Waals surface area contributed by atoms with Crippen molar-refractivity contribution in [1.82, 2.24) is 4.90 Å². The van der Waals surface area contributed by atoms with Gasteiger partial charge in [-0.25, -0.2) is 0 Å². The highest BCUT2D eigenvalue weighted by Crippen LogP contribution is 2.35. The van der Waals surface area contributed by atoms with Gasteiger partial charge in [-0.2, -0.15) is 0 Å². The average molecular weight is 380 g/mol. The third-order valence-electron chi connectivity index (χ3n) is 3.25. The standard InChI is InChI=1S/C17H14ClNO3S2/c1-10(2)19-16(20)14(24-17(19)21)9-12-5-8-15(22-12)23-13-6-3-11(18)4-7-13/h3-10H,1-2H3/b14-9-. The van der Waals surface area contributed by atoms with E-state index in [4.69, 9.17) is 16.0 Å². The maximum absolute atomic E-state index is 12.2. The lowest BCUT2D eigenvalue weighted by Crippen LogP contribution is -2.34. The number of imide groups is 1. The molecule has 1 aromatic carbocycles. The molecule has 1 saturated heterocycles. The van der Waals surface area contributed by atoms with Crippen molar-refractivity contribution in [2.24, 2.45) is 0 Å². The molecule has 0 bridgehead atoms. The number of rotatable bonds is 4. The number of halogens is 1.